The minimum absolute atomic E-state index is 0.0337. The Morgan fingerprint density at radius 1 is 0.646 bits per heavy atom. The van der Waals surface area contributed by atoms with Crippen LogP contribution in [0.2, 0.25) is 10.0 Å². The number of aliphatic hydroxyl groups is 5. The predicted molar refractivity (Wildman–Crippen MR) is 407 cm³/mol. The number of carbonyl (C=O) groups excluding carboxylic acids is 9. The van der Waals surface area contributed by atoms with Gasteiger partial charge in [-0.1, -0.05) is 62.2 Å². The molecule has 0 unspecified atom stereocenters. The number of hydrogen-bond donors (Lipinski definition) is 15. The van der Waals surface area contributed by atoms with Crippen LogP contribution in [0.4, 0.5) is 10.5 Å². The number of nitrogens with one attached hydrogen (secondary N) is 6. The molecule has 16 N–H and O–H groups in total. The molecule has 14 atom stereocenters. The van der Waals surface area contributed by atoms with Gasteiger partial charge in [-0.2, -0.15) is 0 Å². The second-order valence-corrected chi connectivity index (χ2v) is 31.8. The van der Waals surface area contributed by atoms with E-state index in [0.717, 1.165) is 62.4 Å². The summed E-state index contributed by atoms with van der Waals surface area (Å²) in [6.45, 7) is 7.17. The highest BCUT2D eigenvalue weighted by Crippen LogP contribution is 2.58. The van der Waals surface area contributed by atoms with Gasteiger partial charge in [0.1, 0.15) is 95.3 Å². The van der Waals surface area contributed by atoms with E-state index in [1.54, 1.807) is 26.0 Å². The van der Waals surface area contributed by atoms with Gasteiger partial charge in [-0.3, -0.25) is 43.7 Å². The third kappa shape index (κ3) is 17.4. The normalized spacial score (nSPS) is 28.3. The molecule has 7 amide bonds. The van der Waals surface area contributed by atoms with E-state index in [1.165, 1.54) is 60.7 Å². The van der Waals surface area contributed by atoms with Gasteiger partial charge in [-0.15, -0.1) is 0 Å². The van der Waals surface area contributed by atoms with Crippen LogP contribution < -0.4 is 56.6 Å². The van der Waals surface area contributed by atoms with Crippen molar-refractivity contribution in [3.63, 3.8) is 0 Å². The van der Waals surface area contributed by atoms with Crippen LogP contribution in [0.25, 0.3) is 11.1 Å². The molecular formula is C82H91Cl2N7O22. The van der Waals surface area contributed by atoms with Gasteiger partial charge in [0, 0.05) is 61.0 Å². The molecule has 4 aliphatic carbocycles. The largest absolute Gasteiger partial charge is 0.508 e. The van der Waals surface area contributed by atoms with E-state index < -0.39 is 198 Å². The number of Topliss-reactive ketones (excluding diaryl/α,β-unsaturated/α-hetero) is 3. The van der Waals surface area contributed by atoms with E-state index in [-0.39, 0.29) is 103 Å². The number of urea groups is 1. The zero-order valence-corrected chi connectivity index (χ0v) is 63.7. The van der Waals surface area contributed by atoms with Gasteiger partial charge >= 0.3 is 6.03 Å². The molecule has 0 spiro atoms. The van der Waals surface area contributed by atoms with Crippen molar-refractivity contribution in [1.29, 1.82) is 0 Å². The molecule has 4 saturated carbocycles. The van der Waals surface area contributed by atoms with Crippen molar-refractivity contribution >= 4 is 81.8 Å². The molecule has 600 valence electrons. The van der Waals surface area contributed by atoms with E-state index in [0.29, 0.717) is 30.6 Å². The number of aliphatic hydroxyl groups excluding tert-OH is 5. The van der Waals surface area contributed by atoms with Crippen LogP contribution in [-0.4, -0.2) is 150 Å². The smallest absolute Gasteiger partial charge is 0.325 e. The lowest BCUT2D eigenvalue weighted by atomic mass is 9.51. The first-order chi connectivity index (χ1) is 53.9. The van der Waals surface area contributed by atoms with Crippen molar-refractivity contribution in [3.05, 3.63) is 141 Å². The third-order valence-electron chi connectivity index (χ3n) is 22.9. The standard InChI is InChI=1S/C82H91Cl2N7O22/c1-5-38(17-35(3)4)77(104)90-69-57(95)26-45(29-65(98)87-82(108)86-46-10-12-48(13-11-46)109-6-2)78(105)88-67-44-27-62(110-60-15-8-40(71(69)99)24-53(60)83)76(113-81-75(103)74(102)73(101)64(34-85)112-81)63(28-44)111-61-16-9-41(25-54(61)84)72(100)70-80(107)89-68(59(97)32-49-42-19-36-18-37(21-42)22-43(49)20-36)52-30-47(92)31-56(94)66(52)51-23-39(7-14-55(51)93)50(33-58(67)96)79(106)91-70/h7-16,23-25,27-28,30-31,35-38,42-43,45,49-50,64,67-75,81,92-94,99-103H,5-6,17-22,26,29,32-34,85H2,1-4H3,(H,88,105)(H,89,107)(H,90,104)(H,91,106)(H2,86,87,98,108)/t36?,37?,38-,42?,43?,45+,49?,50-,64-,67-,68+,69+,70+,71-,72-,73-,74+,75-,81+/m1/s1. The van der Waals surface area contributed by atoms with Crippen molar-refractivity contribution in [1.82, 2.24) is 26.6 Å². The molecule has 0 radical (unpaired) electrons. The number of benzene rings is 6. The highest BCUT2D eigenvalue weighted by molar-refractivity contribution is 6.32. The molecule has 0 aromatic heterocycles. The zero-order valence-electron chi connectivity index (χ0n) is 62.2. The number of ketones is 3. The van der Waals surface area contributed by atoms with Crippen LogP contribution in [0.1, 0.15) is 156 Å². The summed E-state index contributed by atoms with van der Waals surface area (Å²) in [5.74, 6) is -15.3. The monoisotopic (exact) mass is 1600 g/mol. The topological polar surface area (TPSA) is 460 Å². The van der Waals surface area contributed by atoms with Crippen LogP contribution in [-0.2, 0) is 43.1 Å². The van der Waals surface area contributed by atoms with Crippen molar-refractivity contribution in [2.75, 3.05) is 18.5 Å². The second-order valence-electron chi connectivity index (χ2n) is 31.0. The lowest BCUT2D eigenvalue weighted by Crippen LogP contribution is -2.60. The van der Waals surface area contributed by atoms with Crippen LogP contribution in [0.3, 0.4) is 0 Å². The maximum Gasteiger partial charge on any atom is 0.325 e. The molecule has 6 aliphatic heterocycles. The summed E-state index contributed by atoms with van der Waals surface area (Å²) in [4.78, 5) is 138. The summed E-state index contributed by atoms with van der Waals surface area (Å²) in [5, 5.41) is 110. The number of fused-ring (bicyclic) bond motifs is 15. The number of phenolic OH excluding ortho intramolecular Hbond substituents is 3. The van der Waals surface area contributed by atoms with Crippen molar-refractivity contribution in [3.8, 4) is 62.9 Å². The number of carbonyl (C=O) groups is 9. The lowest BCUT2D eigenvalue weighted by molar-refractivity contribution is -0.270. The average Bonchev–Trinajstić information content (AvgIpc) is 0.755. The minimum Gasteiger partial charge on any atom is -0.508 e. The fourth-order valence-corrected chi connectivity index (χ4v) is 17.9. The maximum absolute atomic E-state index is 16.5. The number of rotatable bonds is 16. The number of hydrogen-bond acceptors (Lipinski definition) is 23. The molecule has 6 aromatic carbocycles. The summed E-state index contributed by atoms with van der Waals surface area (Å²) < 4.78 is 31.3. The Kier molecular flexibility index (Phi) is 24.4. The Morgan fingerprint density at radius 3 is 1.89 bits per heavy atom. The first kappa shape index (κ1) is 81.1. The van der Waals surface area contributed by atoms with Crippen LogP contribution >= 0.6 is 23.2 Å². The Labute approximate surface area is 659 Å². The summed E-state index contributed by atoms with van der Waals surface area (Å²) in [6, 6.07) is 12.2. The number of nitrogens with two attached hydrogens (primary N) is 1. The molecule has 31 heteroatoms. The first-order valence-corrected chi connectivity index (χ1v) is 38.8. The molecule has 15 bridgehead atoms. The summed E-state index contributed by atoms with van der Waals surface area (Å²) in [7, 11) is 0. The Bertz CT molecular complexity index is 4670. The molecule has 10 aliphatic rings. The van der Waals surface area contributed by atoms with Crippen LogP contribution in [0, 0.1) is 47.3 Å². The molecule has 6 heterocycles. The van der Waals surface area contributed by atoms with Gasteiger partial charge in [-0.05, 0) is 194 Å². The zero-order chi connectivity index (χ0) is 80.7. The number of ether oxygens (including phenoxy) is 5. The maximum atomic E-state index is 16.5. The van der Waals surface area contributed by atoms with Crippen molar-refractivity contribution in [2.24, 2.45) is 53.1 Å². The Hall–Kier alpha value is -9.95. The van der Waals surface area contributed by atoms with E-state index in [9.17, 15) is 55.2 Å². The molecule has 29 nitrogen and oxygen atoms in total. The molecule has 5 fully saturated rings. The molecule has 1 saturated heterocycles. The number of amides is 7. The second kappa shape index (κ2) is 34.0. The number of phenols is 3. The summed E-state index contributed by atoms with van der Waals surface area (Å²) >= 11 is 14.3. The van der Waals surface area contributed by atoms with Gasteiger partial charge in [0.05, 0.1) is 28.5 Å². The summed E-state index contributed by atoms with van der Waals surface area (Å²) in [6.07, 6.45) is -11.2. The number of halogens is 2. The number of aromatic hydroxyl groups is 3. The van der Waals surface area contributed by atoms with Crippen molar-refractivity contribution < 1.29 is 108 Å². The molecular weight excluding hydrogens is 1510 g/mol. The van der Waals surface area contributed by atoms with Gasteiger partial charge in [0.15, 0.2) is 28.8 Å². The molecule has 6 aromatic rings. The average molecular weight is 1600 g/mol. The fraction of sp³-hybridized carbons (Fsp3) is 0.451. The van der Waals surface area contributed by atoms with E-state index in [1.807, 2.05) is 13.8 Å². The highest BCUT2D eigenvalue weighted by Gasteiger charge is 2.51. The fourth-order valence-electron chi connectivity index (χ4n) is 17.4. The molecule has 113 heavy (non-hydrogen) atoms. The van der Waals surface area contributed by atoms with Crippen LogP contribution in [0.5, 0.6) is 51.7 Å². The number of anilines is 1. The van der Waals surface area contributed by atoms with Gasteiger partial charge in [-0.25, -0.2) is 4.79 Å². The van der Waals surface area contributed by atoms with Gasteiger partial charge < -0.3 is 96.9 Å². The molecule has 16 rings (SSSR count). The Morgan fingerprint density at radius 2 is 1.28 bits per heavy atom. The number of imide groups is 1. The van der Waals surface area contributed by atoms with Crippen molar-refractivity contribution in [2.45, 2.75) is 171 Å². The minimum atomic E-state index is -2.21. The predicted octanol–water partition coefficient (Wildman–Crippen LogP) is 8.46. The highest BCUT2D eigenvalue weighted by atomic mass is 35.5. The van der Waals surface area contributed by atoms with Crippen LogP contribution in [0.15, 0.2) is 103 Å². The van der Waals surface area contributed by atoms with E-state index in [2.05, 4.69) is 31.9 Å². The lowest BCUT2D eigenvalue weighted by Gasteiger charge is -2.54. The third-order valence-corrected chi connectivity index (χ3v) is 23.5. The SMILES string of the molecule is CCOc1ccc(NC(=O)NC(=O)C[C@@H]2CC(=O)[C@H](NC(=O)[C@H](CC)CC(C)C)[C@H](O)c3ccc(c(Cl)c3)Oc3cc4cc(c3O[C@@H]3O[C@H](CN)[C@@H](O)[C@H](O)[C@H]3O)Oc3ccc(cc3Cl)[C@@H](O)[C@@H]3NC(=O)[C@H](CC(=O)[C@@H]4NC2=O)c2ccc(O)c(c2)-c2c(O)cc(O)cc2[C@@H](C(=O)CC2C4CC5CC(C4)CC2C5)NC3=O)cc1. The Balaban J connectivity index is 0.995. The van der Waals surface area contributed by atoms with E-state index >= 15 is 28.8 Å². The quantitative estimate of drug-likeness (QED) is 0.0432. The van der Waals surface area contributed by atoms with E-state index in [4.69, 9.17) is 52.6 Å². The first-order valence-electron chi connectivity index (χ1n) is 38.0. The van der Waals surface area contributed by atoms with Gasteiger partial charge in [0.25, 0.3) is 0 Å². The summed E-state index contributed by atoms with van der Waals surface area (Å²) in [5.41, 5.74) is 4.66. The van der Waals surface area contributed by atoms with Gasteiger partial charge in [0.2, 0.25) is 41.6 Å².